The van der Waals surface area contributed by atoms with Crippen LogP contribution >= 0.6 is 15.9 Å². The first-order valence-corrected chi connectivity index (χ1v) is 5.16. The second kappa shape index (κ2) is 5.05. The first-order chi connectivity index (χ1) is 6.63. The molecule has 0 aromatic heterocycles. The molecule has 1 aromatic rings. The summed E-state index contributed by atoms with van der Waals surface area (Å²) in [6.45, 7) is 1.57. The maximum atomic E-state index is 10.8. The largest absolute Gasteiger partial charge is 0.300 e. The van der Waals surface area contributed by atoms with Crippen LogP contribution in [0.4, 0.5) is 0 Å². The maximum absolute atomic E-state index is 10.8. The zero-order valence-corrected chi connectivity index (χ0v) is 9.50. The van der Waals surface area contributed by atoms with Crippen molar-refractivity contribution < 1.29 is 9.59 Å². The van der Waals surface area contributed by atoms with Gasteiger partial charge in [-0.15, -0.1) is 0 Å². The molecule has 0 aliphatic heterocycles. The predicted octanol–water partition coefficient (Wildman–Crippen LogP) is 2.78. The number of benzene rings is 1. The van der Waals surface area contributed by atoms with Crippen molar-refractivity contribution in [3.63, 3.8) is 0 Å². The summed E-state index contributed by atoms with van der Waals surface area (Å²) >= 11 is 3.38. The molecule has 0 heterocycles. The van der Waals surface area contributed by atoms with Gasteiger partial charge in [-0.1, -0.05) is 22.0 Å². The molecular weight excluding hydrogens is 244 g/mol. The standard InChI is InChI=1S/C11H11BrO2/c1-8(14)2-4-10-6-9(7-13)3-5-11(10)12/h3,5-7H,2,4H2,1H3. The van der Waals surface area contributed by atoms with E-state index in [1.807, 2.05) is 6.07 Å². The Bertz CT molecular complexity index is 358. The van der Waals surface area contributed by atoms with E-state index in [0.29, 0.717) is 18.4 Å². The minimum Gasteiger partial charge on any atom is -0.300 e. The van der Waals surface area contributed by atoms with Gasteiger partial charge < -0.3 is 4.79 Å². The number of aldehydes is 1. The molecule has 0 amide bonds. The third-order valence-electron chi connectivity index (χ3n) is 1.95. The summed E-state index contributed by atoms with van der Waals surface area (Å²) < 4.78 is 0.948. The lowest BCUT2D eigenvalue weighted by Crippen LogP contribution is -1.96. The molecular formula is C11H11BrO2. The summed E-state index contributed by atoms with van der Waals surface area (Å²) in [4.78, 5) is 21.3. The maximum Gasteiger partial charge on any atom is 0.150 e. The van der Waals surface area contributed by atoms with E-state index in [-0.39, 0.29) is 5.78 Å². The first-order valence-electron chi connectivity index (χ1n) is 4.36. The number of hydrogen-bond donors (Lipinski definition) is 0. The molecule has 0 spiro atoms. The van der Waals surface area contributed by atoms with Crippen molar-refractivity contribution in [2.45, 2.75) is 19.8 Å². The van der Waals surface area contributed by atoms with Gasteiger partial charge in [0, 0.05) is 16.5 Å². The third kappa shape index (κ3) is 3.07. The molecule has 0 bridgehead atoms. The molecule has 0 atom stereocenters. The SMILES string of the molecule is CC(=O)CCc1cc(C=O)ccc1Br. The zero-order chi connectivity index (χ0) is 10.6. The van der Waals surface area contributed by atoms with Gasteiger partial charge in [-0.25, -0.2) is 0 Å². The molecule has 0 saturated heterocycles. The molecule has 0 saturated carbocycles. The van der Waals surface area contributed by atoms with Crippen LogP contribution in [0.15, 0.2) is 22.7 Å². The molecule has 0 fully saturated rings. The fourth-order valence-electron chi connectivity index (χ4n) is 1.17. The lowest BCUT2D eigenvalue weighted by molar-refractivity contribution is -0.116. The van der Waals surface area contributed by atoms with E-state index in [2.05, 4.69) is 15.9 Å². The summed E-state index contributed by atoms with van der Waals surface area (Å²) in [5.41, 5.74) is 1.65. The Morgan fingerprint density at radius 1 is 1.50 bits per heavy atom. The monoisotopic (exact) mass is 254 g/mol. The highest BCUT2D eigenvalue weighted by molar-refractivity contribution is 9.10. The predicted molar refractivity (Wildman–Crippen MR) is 58.5 cm³/mol. The second-order valence-corrected chi connectivity index (χ2v) is 4.03. The highest BCUT2D eigenvalue weighted by Crippen LogP contribution is 2.19. The Morgan fingerprint density at radius 2 is 2.21 bits per heavy atom. The Kier molecular flexibility index (Phi) is 4.01. The van der Waals surface area contributed by atoms with Crippen molar-refractivity contribution in [2.24, 2.45) is 0 Å². The van der Waals surface area contributed by atoms with E-state index >= 15 is 0 Å². The quantitative estimate of drug-likeness (QED) is 0.775. The van der Waals surface area contributed by atoms with E-state index < -0.39 is 0 Å². The summed E-state index contributed by atoms with van der Waals surface area (Å²) in [6.07, 6.45) is 2.00. The Morgan fingerprint density at radius 3 is 2.79 bits per heavy atom. The fourth-order valence-corrected chi connectivity index (χ4v) is 1.62. The average molecular weight is 255 g/mol. The van der Waals surface area contributed by atoms with Gasteiger partial charge in [0.05, 0.1) is 0 Å². The van der Waals surface area contributed by atoms with Gasteiger partial charge in [0.15, 0.2) is 0 Å². The summed E-state index contributed by atoms with van der Waals surface area (Å²) in [7, 11) is 0. The van der Waals surface area contributed by atoms with Crippen LogP contribution < -0.4 is 0 Å². The Hall–Kier alpha value is -0.960. The molecule has 74 valence electrons. The van der Waals surface area contributed by atoms with Gasteiger partial charge in [-0.3, -0.25) is 4.79 Å². The number of Topliss-reactive ketones (excluding diaryl/α,β-unsaturated/α-hetero) is 1. The molecule has 0 N–H and O–H groups in total. The number of carbonyl (C=O) groups excluding carboxylic acids is 2. The average Bonchev–Trinajstić information content (AvgIpc) is 2.16. The molecule has 0 aliphatic rings. The van der Waals surface area contributed by atoms with Crippen LogP contribution in [-0.2, 0) is 11.2 Å². The molecule has 0 radical (unpaired) electrons. The molecule has 3 heteroatoms. The van der Waals surface area contributed by atoms with E-state index in [0.717, 1.165) is 16.3 Å². The van der Waals surface area contributed by atoms with Crippen LogP contribution in [0.1, 0.15) is 29.3 Å². The Labute approximate surface area is 91.4 Å². The van der Waals surface area contributed by atoms with Crippen LogP contribution in [0.5, 0.6) is 0 Å². The van der Waals surface area contributed by atoms with Gasteiger partial charge in [0.1, 0.15) is 12.1 Å². The lowest BCUT2D eigenvalue weighted by Gasteiger charge is -2.03. The van der Waals surface area contributed by atoms with Crippen LogP contribution in [0, 0.1) is 0 Å². The van der Waals surface area contributed by atoms with Crippen molar-refractivity contribution in [1.82, 2.24) is 0 Å². The van der Waals surface area contributed by atoms with Crippen LogP contribution in [0.25, 0.3) is 0 Å². The van der Waals surface area contributed by atoms with Gasteiger partial charge >= 0.3 is 0 Å². The molecule has 14 heavy (non-hydrogen) atoms. The van der Waals surface area contributed by atoms with E-state index in [1.165, 1.54) is 0 Å². The lowest BCUT2D eigenvalue weighted by atomic mass is 10.1. The van der Waals surface area contributed by atoms with Crippen LogP contribution in [0.2, 0.25) is 0 Å². The zero-order valence-electron chi connectivity index (χ0n) is 7.92. The second-order valence-electron chi connectivity index (χ2n) is 3.17. The van der Waals surface area contributed by atoms with Crippen molar-refractivity contribution >= 4 is 28.0 Å². The molecule has 1 rings (SSSR count). The molecule has 2 nitrogen and oxygen atoms in total. The van der Waals surface area contributed by atoms with E-state index in [4.69, 9.17) is 0 Å². The molecule has 0 aliphatic carbocycles. The van der Waals surface area contributed by atoms with Crippen molar-refractivity contribution in [3.05, 3.63) is 33.8 Å². The number of aryl methyl sites for hydroxylation is 1. The number of halogens is 1. The van der Waals surface area contributed by atoms with Crippen molar-refractivity contribution in [1.29, 1.82) is 0 Å². The highest BCUT2D eigenvalue weighted by Gasteiger charge is 2.02. The van der Waals surface area contributed by atoms with Crippen LogP contribution in [-0.4, -0.2) is 12.1 Å². The highest BCUT2D eigenvalue weighted by atomic mass is 79.9. The summed E-state index contributed by atoms with van der Waals surface area (Å²) in [5, 5.41) is 0. The minimum atomic E-state index is 0.161. The molecule has 1 aromatic carbocycles. The molecule has 0 unspecified atom stereocenters. The normalized spacial score (nSPS) is 9.86. The van der Waals surface area contributed by atoms with E-state index in [1.54, 1.807) is 19.1 Å². The van der Waals surface area contributed by atoms with Gasteiger partial charge in [0.2, 0.25) is 0 Å². The smallest absolute Gasteiger partial charge is 0.150 e. The van der Waals surface area contributed by atoms with Gasteiger partial charge in [-0.2, -0.15) is 0 Å². The fraction of sp³-hybridized carbons (Fsp3) is 0.273. The number of rotatable bonds is 4. The van der Waals surface area contributed by atoms with Gasteiger partial charge in [-0.05, 0) is 31.0 Å². The third-order valence-corrected chi connectivity index (χ3v) is 2.73. The number of carbonyl (C=O) groups is 2. The minimum absolute atomic E-state index is 0.161. The Balaban J connectivity index is 2.83. The first kappa shape index (κ1) is 11.1. The van der Waals surface area contributed by atoms with E-state index in [9.17, 15) is 9.59 Å². The summed E-state index contributed by atoms with van der Waals surface area (Å²) in [5.74, 6) is 0.161. The topological polar surface area (TPSA) is 34.1 Å². The summed E-state index contributed by atoms with van der Waals surface area (Å²) in [6, 6.07) is 5.38. The van der Waals surface area contributed by atoms with Crippen molar-refractivity contribution in [3.8, 4) is 0 Å². The number of ketones is 1. The van der Waals surface area contributed by atoms with Crippen LogP contribution in [0.3, 0.4) is 0 Å². The number of hydrogen-bond acceptors (Lipinski definition) is 2. The van der Waals surface area contributed by atoms with Gasteiger partial charge in [0.25, 0.3) is 0 Å². The van der Waals surface area contributed by atoms with Crippen molar-refractivity contribution in [2.75, 3.05) is 0 Å².